The summed E-state index contributed by atoms with van der Waals surface area (Å²) in [6.45, 7) is 1.82. The van der Waals surface area contributed by atoms with E-state index in [1.54, 1.807) is 6.33 Å². The Kier molecular flexibility index (Phi) is 4.36. The summed E-state index contributed by atoms with van der Waals surface area (Å²) in [7, 11) is 0. The summed E-state index contributed by atoms with van der Waals surface area (Å²) in [4.78, 5) is 11.5. The second kappa shape index (κ2) is 6.62. The minimum Gasteiger partial charge on any atom is -0.376 e. The Labute approximate surface area is 141 Å². The lowest BCUT2D eigenvalue weighted by molar-refractivity contribution is 0.114. The number of anilines is 1. The van der Waals surface area contributed by atoms with Gasteiger partial charge in [0.05, 0.1) is 11.6 Å². The van der Waals surface area contributed by atoms with Gasteiger partial charge in [0.15, 0.2) is 0 Å². The molecule has 1 atom stereocenters. The lowest BCUT2D eigenvalue weighted by Crippen LogP contribution is -2.40. The molecule has 4 nitrogen and oxygen atoms in total. The molecule has 1 aliphatic carbocycles. The Morgan fingerprint density at radius 2 is 2.00 bits per heavy atom. The molecule has 1 aliphatic heterocycles. The maximum absolute atomic E-state index is 6.12. The van der Waals surface area contributed by atoms with E-state index in [1.165, 1.54) is 32.1 Å². The van der Waals surface area contributed by atoms with E-state index in [2.05, 4.69) is 14.9 Å². The highest BCUT2D eigenvalue weighted by Gasteiger charge is 2.29. The number of hydrogen-bond acceptors (Lipinski definition) is 4. The third-order valence-electron chi connectivity index (χ3n) is 5.04. The summed E-state index contributed by atoms with van der Waals surface area (Å²) < 4.78 is 5.89. The number of benzene rings is 1. The fraction of sp³-hybridized carbons (Fsp3) is 0.556. The van der Waals surface area contributed by atoms with Crippen molar-refractivity contribution in [1.29, 1.82) is 0 Å². The highest BCUT2D eigenvalue weighted by Crippen LogP contribution is 2.33. The first kappa shape index (κ1) is 15.2. The van der Waals surface area contributed by atoms with E-state index >= 15 is 0 Å². The van der Waals surface area contributed by atoms with E-state index < -0.39 is 0 Å². The van der Waals surface area contributed by atoms with Crippen molar-refractivity contribution in [2.24, 2.45) is 0 Å². The van der Waals surface area contributed by atoms with Gasteiger partial charge in [-0.15, -0.1) is 0 Å². The molecular weight excluding hydrogens is 310 g/mol. The van der Waals surface area contributed by atoms with Crippen LogP contribution in [-0.2, 0) is 4.74 Å². The quantitative estimate of drug-likeness (QED) is 0.841. The van der Waals surface area contributed by atoms with Crippen LogP contribution in [0.1, 0.15) is 38.5 Å². The predicted molar refractivity (Wildman–Crippen MR) is 93.1 cm³/mol. The molecule has 1 saturated heterocycles. The molecule has 4 rings (SSSR count). The average molecular weight is 332 g/mol. The summed E-state index contributed by atoms with van der Waals surface area (Å²) in [5, 5.41) is 1.80. The number of aromatic nitrogens is 2. The first-order valence-electron chi connectivity index (χ1n) is 8.60. The van der Waals surface area contributed by atoms with Crippen LogP contribution in [0.3, 0.4) is 0 Å². The zero-order chi connectivity index (χ0) is 15.6. The molecule has 2 aromatic rings. The van der Waals surface area contributed by atoms with Crippen molar-refractivity contribution in [2.75, 3.05) is 18.1 Å². The number of rotatable bonds is 4. The third-order valence-corrected chi connectivity index (χ3v) is 5.27. The van der Waals surface area contributed by atoms with E-state index in [0.29, 0.717) is 17.2 Å². The van der Waals surface area contributed by atoms with Crippen LogP contribution >= 0.6 is 11.6 Å². The van der Waals surface area contributed by atoms with Gasteiger partial charge in [0.2, 0.25) is 0 Å². The molecule has 0 spiro atoms. The molecule has 0 N–H and O–H groups in total. The number of fused-ring (bicyclic) bond motifs is 1. The molecular formula is C18H22ClN3O. The van der Waals surface area contributed by atoms with Crippen molar-refractivity contribution in [3.05, 3.63) is 29.5 Å². The molecule has 1 saturated carbocycles. The SMILES string of the molecule is Clc1ccc2c(N(CC3CCCO3)C3CCCC3)ncnc2c1. The van der Waals surface area contributed by atoms with Crippen LogP contribution in [0.4, 0.5) is 5.82 Å². The molecule has 2 aliphatic rings. The van der Waals surface area contributed by atoms with E-state index in [4.69, 9.17) is 16.3 Å². The molecule has 0 amide bonds. The van der Waals surface area contributed by atoms with Crippen LogP contribution in [0.2, 0.25) is 5.02 Å². The van der Waals surface area contributed by atoms with Gasteiger partial charge in [-0.25, -0.2) is 9.97 Å². The molecule has 1 unspecified atom stereocenters. The molecule has 2 fully saturated rings. The average Bonchev–Trinajstić information content (AvgIpc) is 3.25. The normalized spacial score (nSPS) is 22.0. The Balaban J connectivity index is 1.72. The van der Waals surface area contributed by atoms with Crippen LogP contribution < -0.4 is 4.90 Å². The number of nitrogens with zero attached hydrogens (tertiary/aromatic N) is 3. The standard InChI is InChI=1S/C18H22ClN3O/c19-13-7-8-16-17(10-13)20-12-21-18(16)22(14-4-1-2-5-14)11-15-6-3-9-23-15/h7-8,10,12,14-15H,1-6,9,11H2. The molecule has 0 bridgehead atoms. The van der Waals surface area contributed by atoms with Gasteiger partial charge >= 0.3 is 0 Å². The molecule has 1 aromatic carbocycles. The molecule has 1 aromatic heterocycles. The highest BCUT2D eigenvalue weighted by atomic mass is 35.5. The zero-order valence-electron chi connectivity index (χ0n) is 13.2. The van der Waals surface area contributed by atoms with Gasteiger partial charge in [0, 0.05) is 29.6 Å². The van der Waals surface area contributed by atoms with E-state index in [1.807, 2.05) is 18.2 Å². The summed E-state index contributed by atoms with van der Waals surface area (Å²) in [6, 6.07) is 6.45. The highest BCUT2D eigenvalue weighted by molar-refractivity contribution is 6.31. The molecule has 2 heterocycles. The van der Waals surface area contributed by atoms with Crippen molar-refractivity contribution >= 4 is 28.3 Å². The Bertz CT molecular complexity index is 681. The maximum atomic E-state index is 6.12. The minimum atomic E-state index is 0.327. The number of hydrogen-bond donors (Lipinski definition) is 0. The van der Waals surface area contributed by atoms with Crippen molar-refractivity contribution in [1.82, 2.24) is 9.97 Å². The van der Waals surface area contributed by atoms with Crippen molar-refractivity contribution in [2.45, 2.75) is 50.7 Å². The third kappa shape index (κ3) is 3.15. The largest absolute Gasteiger partial charge is 0.376 e. The lowest BCUT2D eigenvalue weighted by Gasteiger charge is -2.32. The molecule has 122 valence electrons. The van der Waals surface area contributed by atoms with Gasteiger partial charge in [-0.3, -0.25) is 0 Å². The number of halogens is 1. The Morgan fingerprint density at radius 1 is 1.13 bits per heavy atom. The first-order chi connectivity index (χ1) is 11.3. The van der Waals surface area contributed by atoms with Gasteiger partial charge < -0.3 is 9.64 Å². The van der Waals surface area contributed by atoms with Crippen LogP contribution in [-0.4, -0.2) is 35.3 Å². The van der Waals surface area contributed by atoms with E-state index in [0.717, 1.165) is 36.3 Å². The second-order valence-electron chi connectivity index (χ2n) is 6.58. The Hall–Kier alpha value is -1.39. The van der Waals surface area contributed by atoms with Crippen molar-refractivity contribution in [3.63, 3.8) is 0 Å². The second-order valence-corrected chi connectivity index (χ2v) is 7.02. The van der Waals surface area contributed by atoms with Gasteiger partial charge in [-0.05, 0) is 43.9 Å². The summed E-state index contributed by atoms with van der Waals surface area (Å²) in [5.41, 5.74) is 0.915. The van der Waals surface area contributed by atoms with E-state index in [9.17, 15) is 0 Å². The molecule has 5 heteroatoms. The van der Waals surface area contributed by atoms with E-state index in [-0.39, 0.29) is 0 Å². The van der Waals surface area contributed by atoms with Crippen LogP contribution in [0, 0.1) is 0 Å². The number of ether oxygens (including phenoxy) is 1. The summed E-state index contributed by atoms with van der Waals surface area (Å²) in [5.74, 6) is 1.04. The fourth-order valence-corrected chi connectivity index (χ4v) is 4.04. The smallest absolute Gasteiger partial charge is 0.140 e. The monoisotopic (exact) mass is 331 g/mol. The van der Waals surface area contributed by atoms with Crippen LogP contribution in [0.5, 0.6) is 0 Å². The minimum absolute atomic E-state index is 0.327. The molecule has 23 heavy (non-hydrogen) atoms. The zero-order valence-corrected chi connectivity index (χ0v) is 14.0. The maximum Gasteiger partial charge on any atom is 0.140 e. The first-order valence-corrected chi connectivity index (χ1v) is 8.97. The van der Waals surface area contributed by atoms with Gasteiger partial charge in [-0.1, -0.05) is 24.4 Å². The Morgan fingerprint density at radius 3 is 2.78 bits per heavy atom. The van der Waals surface area contributed by atoms with Crippen molar-refractivity contribution in [3.8, 4) is 0 Å². The van der Waals surface area contributed by atoms with Crippen molar-refractivity contribution < 1.29 is 4.74 Å². The summed E-state index contributed by atoms with van der Waals surface area (Å²) >= 11 is 6.12. The van der Waals surface area contributed by atoms with Crippen LogP contribution in [0.25, 0.3) is 10.9 Å². The fourth-order valence-electron chi connectivity index (χ4n) is 3.88. The topological polar surface area (TPSA) is 38.2 Å². The van der Waals surface area contributed by atoms with Gasteiger partial charge in [-0.2, -0.15) is 0 Å². The van der Waals surface area contributed by atoms with Gasteiger partial charge in [0.25, 0.3) is 0 Å². The lowest BCUT2D eigenvalue weighted by atomic mass is 10.1. The van der Waals surface area contributed by atoms with Crippen LogP contribution in [0.15, 0.2) is 24.5 Å². The van der Waals surface area contributed by atoms with Gasteiger partial charge in [0.1, 0.15) is 12.1 Å². The molecule has 0 radical (unpaired) electrons. The predicted octanol–water partition coefficient (Wildman–Crippen LogP) is 4.21. The summed E-state index contributed by atoms with van der Waals surface area (Å²) in [6.07, 6.45) is 9.40.